The standard InChI is InChI=1S/C25H26N4O4/c1-15-7-9-16(10-8-15)24(30)27-19-13-32-23-20(14-33-22(19)23)29-25-26-12-11-18(28-25)17-5-3-4-6-21(17)31-2/h3-12,19-20,22-23H,13-14H2,1-2H3,(H,27,30)(H,26,28,29)/t19-,20+,22-,23+/m1/s1. The molecule has 2 aliphatic rings. The van der Waals surface area contributed by atoms with Gasteiger partial charge < -0.3 is 24.8 Å². The highest BCUT2D eigenvalue weighted by molar-refractivity contribution is 5.94. The molecule has 5 rings (SSSR count). The highest BCUT2D eigenvalue weighted by atomic mass is 16.6. The van der Waals surface area contributed by atoms with Crippen LogP contribution in [0.4, 0.5) is 5.95 Å². The van der Waals surface area contributed by atoms with E-state index in [2.05, 4.69) is 20.6 Å². The van der Waals surface area contributed by atoms with Crippen LogP contribution >= 0.6 is 0 Å². The number of amides is 1. The van der Waals surface area contributed by atoms with Gasteiger partial charge in [-0.3, -0.25) is 4.79 Å². The van der Waals surface area contributed by atoms with Crippen LogP contribution in [0.3, 0.4) is 0 Å². The highest BCUT2D eigenvalue weighted by Gasteiger charge is 2.48. The molecule has 3 aromatic rings. The normalized spacial score (nSPS) is 23.7. The van der Waals surface area contributed by atoms with Gasteiger partial charge in [-0.2, -0.15) is 0 Å². The number of anilines is 1. The van der Waals surface area contributed by atoms with Crippen molar-refractivity contribution in [1.82, 2.24) is 15.3 Å². The van der Waals surface area contributed by atoms with Crippen molar-refractivity contribution in [2.45, 2.75) is 31.2 Å². The first-order valence-electron chi connectivity index (χ1n) is 11.0. The number of methoxy groups -OCH3 is 1. The van der Waals surface area contributed by atoms with Crippen molar-refractivity contribution in [3.63, 3.8) is 0 Å². The van der Waals surface area contributed by atoms with E-state index >= 15 is 0 Å². The van der Waals surface area contributed by atoms with E-state index in [1.807, 2.05) is 61.5 Å². The minimum absolute atomic E-state index is 0.121. The molecule has 2 N–H and O–H groups in total. The molecule has 0 spiro atoms. The van der Waals surface area contributed by atoms with Crippen LogP contribution < -0.4 is 15.4 Å². The third-order valence-corrected chi connectivity index (χ3v) is 6.04. The second-order valence-electron chi connectivity index (χ2n) is 8.26. The third-order valence-electron chi connectivity index (χ3n) is 6.04. The van der Waals surface area contributed by atoms with Crippen LogP contribution in [0.15, 0.2) is 60.8 Å². The van der Waals surface area contributed by atoms with Crippen molar-refractivity contribution in [3.8, 4) is 17.0 Å². The fourth-order valence-corrected chi connectivity index (χ4v) is 4.30. The van der Waals surface area contributed by atoms with Crippen LogP contribution in [0.25, 0.3) is 11.3 Å². The van der Waals surface area contributed by atoms with Crippen LogP contribution in [-0.2, 0) is 9.47 Å². The van der Waals surface area contributed by atoms with E-state index in [0.717, 1.165) is 22.6 Å². The minimum Gasteiger partial charge on any atom is -0.496 e. The summed E-state index contributed by atoms with van der Waals surface area (Å²) in [6.45, 7) is 2.83. The van der Waals surface area contributed by atoms with Gasteiger partial charge in [0.15, 0.2) is 0 Å². The van der Waals surface area contributed by atoms with E-state index in [9.17, 15) is 4.79 Å². The predicted molar refractivity (Wildman–Crippen MR) is 123 cm³/mol. The Labute approximate surface area is 192 Å². The average molecular weight is 447 g/mol. The predicted octanol–water partition coefficient (Wildman–Crippen LogP) is 2.84. The van der Waals surface area contributed by atoms with Crippen LogP contribution in [0.5, 0.6) is 5.75 Å². The maximum absolute atomic E-state index is 12.6. The summed E-state index contributed by atoms with van der Waals surface area (Å²) in [5.41, 5.74) is 3.39. The van der Waals surface area contributed by atoms with Gasteiger partial charge >= 0.3 is 0 Å². The molecule has 33 heavy (non-hydrogen) atoms. The van der Waals surface area contributed by atoms with Crippen LogP contribution in [-0.4, -0.2) is 60.5 Å². The molecule has 8 nitrogen and oxygen atoms in total. The lowest BCUT2D eigenvalue weighted by atomic mass is 10.1. The largest absolute Gasteiger partial charge is 0.496 e. The summed E-state index contributed by atoms with van der Waals surface area (Å²) in [6, 6.07) is 16.7. The van der Waals surface area contributed by atoms with Gasteiger partial charge in [-0.25, -0.2) is 9.97 Å². The van der Waals surface area contributed by atoms with Crippen LogP contribution in [0.2, 0.25) is 0 Å². The number of carbonyl (C=O) groups is 1. The SMILES string of the molecule is COc1ccccc1-c1ccnc(N[C@H]2CO[C@H]3[C@H]2OC[C@H]3NC(=O)c2ccc(C)cc2)n1. The Balaban J connectivity index is 1.25. The number of rotatable bonds is 6. The molecule has 0 unspecified atom stereocenters. The van der Waals surface area contributed by atoms with E-state index in [4.69, 9.17) is 14.2 Å². The number of hydrogen-bond donors (Lipinski definition) is 2. The molecule has 8 heteroatoms. The smallest absolute Gasteiger partial charge is 0.251 e. The second kappa shape index (κ2) is 9.17. The molecule has 0 saturated carbocycles. The van der Waals surface area contributed by atoms with Gasteiger partial charge in [-0.05, 0) is 37.3 Å². The van der Waals surface area contributed by atoms with E-state index in [-0.39, 0.29) is 30.2 Å². The number of hydrogen-bond acceptors (Lipinski definition) is 7. The Morgan fingerprint density at radius 3 is 2.52 bits per heavy atom. The van der Waals surface area contributed by atoms with Gasteiger partial charge in [0.25, 0.3) is 5.91 Å². The molecule has 0 bridgehead atoms. The third kappa shape index (κ3) is 4.40. The first-order valence-corrected chi connectivity index (χ1v) is 11.0. The lowest BCUT2D eigenvalue weighted by Gasteiger charge is -2.18. The summed E-state index contributed by atoms with van der Waals surface area (Å²) in [5, 5.41) is 6.40. The molecule has 2 saturated heterocycles. The summed E-state index contributed by atoms with van der Waals surface area (Å²) in [5.74, 6) is 1.11. The van der Waals surface area contributed by atoms with Crippen LogP contribution in [0.1, 0.15) is 15.9 Å². The molecule has 1 aromatic heterocycles. The van der Waals surface area contributed by atoms with Crippen molar-refractivity contribution >= 4 is 11.9 Å². The molecule has 1 amide bonds. The summed E-state index contributed by atoms with van der Waals surface area (Å²) < 4.78 is 17.5. The topological polar surface area (TPSA) is 94.6 Å². The van der Waals surface area contributed by atoms with Crippen molar-refractivity contribution < 1.29 is 19.0 Å². The van der Waals surface area contributed by atoms with Crippen molar-refractivity contribution in [1.29, 1.82) is 0 Å². The molecule has 0 aliphatic carbocycles. The van der Waals surface area contributed by atoms with Gasteiger partial charge in [-0.1, -0.05) is 29.8 Å². The fourth-order valence-electron chi connectivity index (χ4n) is 4.30. The first kappa shape index (κ1) is 21.4. The molecule has 4 atom stereocenters. The number of benzene rings is 2. The van der Waals surface area contributed by atoms with Gasteiger partial charge in [-0.15, -0.1) is 0 Å². The number of aryl methyl sites for hydroxylation is 1. The zero-order valence-electron chi connectivity index (χ0n) is 18.5. The second-order valence-corrected chi connectivity index (χ2v) is 8.26. The van der Waals surface area contributed by atoms with E-state index < -0.39 is 0 Å². The quantitative estimate of drug-likeness (QED) is 0.601. The number of carbonyl (C=O) groups excluding carboxylic acids is 1. The Bertz CT molecular complexity index is 1140. The number of ether oxygens (including phenoxy) is 3. The molecular weight excluding hydrogens is 420 g/mol. The Kier molecular flexibility index (Phi) is 5.93. The summed E-state index contributed by atoms with van der Waals surface area (Å²) >= 11 is 0. The Hall–Kier alpha value is -3.49. The van der Waals surface area contributed by atoms with Crippen molar-refractivity contribution in [3.05, 3.63) is 71.9 Å². The van der Waals surface area contributed by atoms with Crippen molar-refractivity contribution in [2.75, 3.05) is 25.6 Å². The number of nitrogens with zero attached hydrogens (tertiary/aromatic N) is 2. The van der Waals surface area contributed by atoms with Gasteiger partial charge in [0.2, 0.25) is 5.95 Å². The molecule has 0 radical (unpaired) electrons. The number of aromatic nitrogens is 2. The maximum Gasteiger partial charge on any atom is 0.251 e. The summed E-state index contributed by atoms with van der Waals surface area (Å²) in [6.07, 6.45) is 1.28. The van der Waals surface area contributed by atoms with E-state index in [0.29, 0.717) is 24.7 Å². The van der Waals surface area contributed by atoms with Crippen LogP contribution in [0, 0.1) is 6.92 Å². The molecular formula is C25H26N4O4. The zero-order chi connectivity index (χ0) is 22.8. The molecule has 2 fully saturated rings. The Morgan fingerprint density at radius 1 is 1.00 bits per heavy atom. The van der Waals surface area contributed by atoms with Gasteiger partial charge in [0.05, 0.1) is 38.1 Å². The monoisotopic (exact) mass is 446 g/mol. The molecule has 3 heterocycles. The van der Waals surface area contributed by atoms with Gasteiger partial charge in [0.1, 0.15) is 18.0 Å². The average Bonchev–Trinajstić information content (AvgIpc) is 3.43. The molecule has 2 aromatic carbocycles. The lowest BCUT2D eigenvalue weighted by Crippen LogP contribution is -2.44. The lowest BCUT2D eigenvalue weighted by molar-refractivity contribution is 0.0652. The zero-order valence-corrected chi connectivity index (χ0v) is 18.5. The summed E-state index contributed by atoms with van der Waals surface area (Å²) in [7, 11) is 1.64. The van der Waals surface area contributed by atoms with Crippen molar-refractivity contribution in [2.24, 2.45) is 0 Å². The number of fused-ring (bicyclic) bond motifs is 1. The Morgan fingerprint density at radius 2 is 1.73 bits per heavy atom. The summed E-state index contributed by atoms with van der Waals surface area (Å²) in [4.78, 5) is 21.7. The number of nitrogens with one attached hydrogen (secondary N) is 2. The minimum atomic E-state index is -0.228. The maximum atomic E-state index is 12.6. The van der Waals surface area contributed by atoms with E-state index in [1.165, 1.54) is 0 Å². The van der Waals surface area contributed by atoms with Gasteiger partial charge in [0, 0.05) is 17.3 Å². The van der Waals surface area contributed by atoms with E-state index in [1.54, 1.807) is 13.3 Å². The first-order chi connectivity index (χ1) is 16.1. The fraction of sp³-hybridized carbons (Fsp3) is 0.320. The number of para-hydroxylation sites is 1. The molecule has 170 valence electrons. The molecule has 2 aliphatic heterocycles. The highest BCUT2D eigenvalue weighted by Crippen LogP contribution is 2.31.